The van der Waals surface area contributed by atoms with Crippen LogP contribution in [0.3, 0.4) is 0 Å². The van der Waals surface area contributed by atoms with Gasteiger partial charge in [-0.2, -0.15) is 0 Å². The molecule has 2 rings (SSSR count). The van der Waals surface area contributed by atoms with Gasteiger partial charge >= 0.3 is 0 Å². The van der Waals surface area contributed by atoms with Crippen LogP contribution in [0.2, 0.25) is 5.02 Å². The summed E-state index contributed by atoms with van der Waals surface area (Å²) in [7, 11) is 0. The summed E-state index contributed by atoms with van der Waals surface area (Å²) in [5.41, 5.74) is 0.455. The smallest absolute Gasteiger partial charge is 0.253 e. The number of amides is 1. The van der Waals surface area contributed by atoms with Crippen LogP contribution in [0, 0.1) is 11.7 Å². The fraction of sp³-hybridized carbons (Fsp3) is 0.500. The Morgan fingerprint density at radius 2 is 2.11 bits per heavy atom. The Morgan fingerprint density at radius 3 is 2.63 bits per heavy atom. The molecule has 1 atom stereocenters. The second kappa shape index (κ2) is 6.23. The fourth-order valence-corrected chi connectivity index (χ4v) is 3.08. The van der Waals surface area contributed by atoms with Crippen molar-refractivity contribution in [2.45, 2.75) is 24.6 Å². The molecule has 1 amide bonds. The highest BCUT2D eigenvalue weighted by atomic mass is 79.9. The Bertz CT molecular complexity index is 473. The third-order valence-electron chi connectivity index (χ3n) is 3.64. The molecule has 0 radical (unpaired) electrons. The van der Waals surface area contributed by atoms with Crippen LogP contribution in [-0.4, -0.2) is 28.7 Å². The molecule has 1 unspecified atom stereocenters. The molecule has 2 nitrogen and oxygen atoms in total. The minimum atomic E-state index is -0.495. The molecule has 1 aromatic rings. The second-order valence-corrected chi connectivity index (χ2v) is 6.79. The number of alkyl halides is 1. The van der Waals surface area contributed by atoms with Crippen molar-refractivity contribution in [1.82, 2.24) is 4.90 Å². The summed E-state index contributed by atoms with van der Waals surface area (Å²) < 4.78 is 13.1. The third-order valence-corrected chi connectivity index (χ3v) is 4.68. The molecular weight excluding hydrogens is 333 g/mol. The van der Waals surface area contributed by atoms with Crippen LogP contribution in [0.1, 0.15) is 30.1 Å². The van der Waals surface area contributed by atoms with E-state index in [0.29, 0.717) is 16.3 Å². The summed E-state index contributed by atoms with van der Waals surface area (Å²) in [6.45, 7) is 3.63. The lowest BCUT2D eigenvalue weighted by Crippen LogP contribution is -2.39. The van der Waals surface area contributed by atoms with Crippen molar-refractivity contribution in [3.63, 3.8) is 0 Å². The molecule has 1 heterocycles. The minimum absolute atomic E-state index is 0.00480. The minimum Gasteiger partial charge on any atom is -0.339 e. The summed E-state index contributed by atoms with van der Waals surface area (Å²) in [6.07, 6.45) is 1.99. The van der Waals surface area contributed by atoms with Crippen LogP contribution in [0.25, 0.3) is 0 Å². The highest BCUT2D eigenvalue weighted by Gasteiger charge is 2.26. The first-order valence-corrected chi connectivity index (χ1v) is 7.67. The molecular formula is C14H16BrClFNO. The summed E-state index contributed by atoms with van der Waals surface area (Å²) in [5.74, 6) is 0.0495. The number of hydrogen-bond donors (Lipinski definition) is 0. The molecule has 0 aliphatic carbocycles. The van der Waals surface area contributed by atoms with Gasteiger partial charge in [0.05, 0.1) is 5.02 Å². The van der Waals surface area contributed by atoms with E-state index < -0.39 is 5.82 Å². The van der Waals surface area contributed by atoms with Crippen LogP contribution in [0.5, 0.6) is 0 Å². The normalized spacial score (nSPS) is 18.4. The second-order valence-electron chi connectivity index (χ2n) is 4.94. The number of halogens is 3. The van der Waals surface area contributed by atoms with Gasteiger partial charge in [0, 0.05) is 23.5 Å². The molecule has 0 saturated carbocycles. The van der Waals surface area contributed by atoms with Crippen molar-refractivity contribution in [1.29, 1.82) is 0 Å². The maximum Gasteiger partial charge on any atom is 0.253 e. The van der Waals surface area contributed by atoms with Crippen LogP contribution in [0.4, 0.5) is 4.39 Å². The van der Waals surface area contributed by atoms with Gasteiger partial charge in [-0.1, -0.05) is 34.5 Å². The van der Waals surface area contributed by atoms with Gasteiger partial charge in [-0.15, -0.1) is 0 Å². The van der Waals surface area contributed by atoms with Crippen LogP contribution in [0.15, 0.2) is 18.2 Å². The number of carbonyl (C=O) groups is 1. The molecule has 1 aliphatic rings. The number of nitrogens with zero attached hydrogens (tertiary/aromatic N) is 1. The SMILES string of the molecule is CC(Br)C1CCN(C(=O)c2ccc(F)c(Cl)c2)CC1. The van der Waals surface area contributed by atoms with Gasteiger partial charge in [0.25, 0.3) is 5.91 Å². The third kappa shape index (κ3) is 3.48. The van der Waals surface area contributed by atoms with E-state index >= 15 is 0 Å². The van der Waals surface area contributed by atoms with Gasteiger partial charge in [-0.05, 0) is 37.0 Å². The van der Waals surface area contributed by atoms with Gasteiger partial charge in [0.15, 0.2) is 0 Å². The number of hydrogen-bond acceptors (Lipinski definition) is 1. The van der Waals surface area contributed by atoms with Gasteiger partial charge in [0.1, 0.15) is 5.82 Å². The summed E-state index contributed by atoms with van der Waals surface area (Å²) in [6, 6.07) is 4.13. The van der Waals surface area contributed by atoms with E-state index in [0.717, 1.165) is 25.9 Å². The van der Waals surface area contributed by atoms with Crippen LogP contribution >= 0.6 is 27.5 Å². The van der Waals surface area contributed by atoms with Crippen molar-refractivity contribution in [3.8, 4) is 0 Å². The molecule has 5 heteroatoms. The first-order chi connectivity index (χ1) is 8.99. The zero-order valence-corrected chi connectivity index (χ0v) is 13.0. The highest BCUT2D eigenvalue weighted by molar-refractivity contribution is 9.09. The lowest BCUT2D eigenvalue weighted by Gasteiger charge is -2.33. The van der Waals surface area contributed by atoms with E-state index in [4.69, 9.17) is 11.6 Å². The lowest BCUT2D eigenvalue weighted by atomic mass is 9.94. The quantitative estimate of drug-likeness (QED) is 0.736. The zero-order valence-electron chi connectivity index (χ0n) is 10.7. The first kappa shape index (κ1) is 14.8. The van der Waals surface area contributed by atoms with Crippen molar-refractivity contribution in [2.75, 3.05) is 13.1 Å². The average molecular weight is 349 g/mol. The van der Waals surface area contributed by atoms with E-state index in [-0.39, 0.29) is 10.9 Å². The summed E-state index contributed by atoms with van der Waals surface area (Å²) in [4.78, 5) is 14.6. The van der Waals surface area contributed by atoms with Crippen molar-refractivity contribution >= 4 is 33.4 Å². The predicted molar refractivity (Wildman–Crippen MR) is 78.4 cm³/mol. The molecule has 1 fully saturated rings. The van der Waals surface area contributed by atoms with E-state index in [2.05, 4.69) is 22.9 Å². The van der Waals surface area contributed by atoms with E-state index in [1.165, 1.54) is 18.2 Å². The molecule has 0 aromatic heterocycles. The Labute approximate surface area is 126 Å². The van der Waals surface area contributed by atoms with Gasteiger partial charge in [-0.3, -0.25) is 4.79 Å². The monoisotopic (exact) mass is 347 g/mol. The fourth-order valence-electron chi connectivity index (χ4n) is 2.37. The Kier molecular flexibility index (Phi) is 4.85. The number of carbonyl (C=O) groups excluding carboxylic acids is 1. The number of piperidine rings is 1. The zero-order chi connectivity index (χ0) is 14.0. The molecule has 19 heavy (non-hydrogen) atoms. The largest absolute Gasteiger partial charge is 0.339 e. The molecule has 1 aromatic carbocycles. The molecule has 0 bridgehead atoms. The highest BCUT2D eigenvalue weighted by Crippen LogP contribution is 2.26. The van der Waals surface area contributed by atoms with Gasteiger partial charge < -0.3 is 4.90 Å². The van der Waals surface area contributed by atoms with E-state index in [9.17, 15) is 9.18 Å². The molecule has 1 aliphatic heterocycles. The van der Waals surface area contributed by atoms with Crippen molar-refractivity contribution < 1.29 is 9.18 Å². The Hall–Kier alpha value is -0.610. The summed E-state index contributed by atoms with van der Waals surface area (Å²) in [5, 5.41) is -0.00480. The maximum atomic E-state index is 13.1. The van der Waals surface area contributed by atoms with Crippen LogP contribution < -0.4 is 0 Å². The lowest BCUT2D eigenvalue weighted by molar-refractivity contribution is 0.0691. The van der Waals surface area contributed by atoms with E-state index in [1.54, 1.807) is 0 Å². The maximum absolute atomic E-state index is 13.1. The van der Waals surface area contributed by atoms with Crippen LogP contribution in [-0.2, 0) is 0 Å². The molecule has 0 spiro atoms. The topological polar surface area (TPSA) is 20.3 Å². The Morgan fingerprint density at radius 1 is 1.47 bits per heavy atom. The van der Waals surface area contributed by atoms with E-state index in [1.807, 2.05) is 4.90 Å². The number of likely N-dealkylation sites (tertiary alicyclic amines) is 1. The molecule has 104 valence electrons. The predicted octanol–water partition coefficient (Wildman–Crippen LogP) is 4.11. The molecule has 0 N–H and O–H groups in total. The first-order valence-electron chi connectivity index (χ1n) is 6.37. The van der Waals surface area contributed by atoms with Gasteiger partial charge in [0.2, 0.25) is 0 Å². The number of benzene rings is 1. The number of rotatable bonds is 2. The van der Waals surface area contributed by atoms with Gasteiger partial charge in [-0.25, -0.2) is 4.39 Å². The van der Waals surface area contributed by atoms with Crippen molar-refractivity contribution in [2.24, 2.45) is 5.92 Å². The summed E-state index contributed by atoms with van der Waals surface area (Å²) >= 11 is 9.30. The standard InChI is InChI=1S/C14H16BrClFNO/c1-9(15)10-4-6-18(7-5-10)14(19)11-2-3-13(17)12(16)8-11/h2-3,8-10H,4-7H2,1H3. The average Bonchev–Trinajstić information content (AvgIpc) is 2.41. The van der Waals surface area contributed by atoms with Crippen molar-refractivity contribution in [3.05, 3.63) is 34.6 Å². The Balaban J connectivity index is 2.03. The molecule has 1 saturated heterocycles.